The Morgan fingerprint density at radius 2 is 1.86 bits per heavy atom. The van der Waals surface area contributed by atoms with Crippen LogP contribution in [0, 0.1) is 11.7 Å². The first-order valence-electron chi connectivity index (χ1n) is 9.20. The first-order chi connectivity index (χ1) is 13.4. The molecule has 28 heavy (non-hydrogen) atoms. The van der Waals surface area contributed by atoms with Crippen LogP contribution in [0.15, 0.2) is 48.5 Å². The standard InChI is InChI=1S/C21H23N5S2/c1-14-9-11-16(12-10-14)19-23-26(21(27)25(19)4)13-24(3)15(2)20-22-17-7-5-6-8-18(17)28-20/h5-12,15H,13H2,1-4H3/t15-/m0/s1. The molecule has 7 heteroatoms. The van der Waals surface area contributed by atoms with Crippen LogP contribution in [-0.4, -0.2) is 31.3 Å². The molecule has 2 aromatic heterocycles. The molecule has 2 heterocycles. The quantitative estimate of drug-likeness (QED) is 0.425. The second-order valence-corrected chi connectivity index (χ2v) is 8.55. The van der Waals surface area contributed by atoms with E-state index < -0.39 is 0 Å². The van der Waals surface area contributed by atoms with Crippen LogP contribution in [-0.2, 0) is 13.7 Å². The molecular formula is C21H23N5S2. The average molecular weight is 410 g/mol. The van der Waals surface area contributed by atoms with Gasteiger partial charge in [0.1, 0.15) is 5.01 Å². The van der Waals surface area contributed by atoms with Crippen LogP contribution in [0.25, 0.3) is 21.6 Å². The largest absolute Gasteiger partial charge is 0.303 e. The van der Waals surface area contributed by atoms with Gasteiger partial charge in [0.25, 0.3) is 0 Å². The Bertz CT molecular complexity index is 1140. The molecule has 0 aliphatic carbocycles. The summed E-state index contributed by atoms with van der Waals surface area (Å²) in [5.74, 6) is 0.881. The molecule has 0 unspecified atom stereocenters. The Balaban J connectivity index is 1.58. The van der Waals surface area contributed by atoms with Gasteiger partial charge in [-0.1, -0.05) is 42.0 Å². The summed E-state index contributed by atoms with van der Waals surface area (Å²) in [6, 6.07) is 16.8. The maximum absolute atomic E-state index is 5.64. The topological polar surface area (TPSA) is 38.9 Å². The third-order valence-corrected chi connectivity index (χ3v) is 6.73. The van der Waals surface area contributed by atoms with Gasteiger partial charge < -0.3 is 4.57 Å². The number of hydrogen-bond donors (Lipinski definition) is 0. The van der Waals surface area contributed by atoms with E-state index >= 15 is 0 Å². The fraction of sp³-hybridized carbons (Fsp3) is 0.286. The number of thiazole rings is 1. The molecule has 0 spiro atoms. The van der Waals surface area contributed by atoms with E-state index in [9.17, 15) is 0 Å². The normalized spacial score (nSPS) is 12.8. The number of hydrogen-bond acceptors (Lipinski definition) is 5. The van der Waals surface area contributed by atoms with Gasteiger partial charge in [0.15, 0.2) is 10.6 Å². The fourth-order valence-corrected chi connectivity index (χ4v) is 4.39. The van der Waals surface area contributed by atoms with E-state index in [1.165, 1.54) is 10.3 Å². The SMILES string of the molecule is Cc1ccc(-c2nn(CN(C)[C@@H](C)c3nc4ccccc4s3)c(=S)n2C)cc1. The van der Waals surface area contributed by atoms with E-state index in [4.69, 9.17) is 22.3 Å². The van der Waals surface area contributed by atoms with Gasteiger partial charge in [-0.25, -0.2) is 9.67 Å². The van der Waals surface area contributed by atoms with Crippen LogP contribution in [0.3, 0.4) is 0 Å². The monoisotopic (exact) mass is 409 g/mol. The summed E-state index contributed by atoms with van der Waals surface area (Å²) < 4.78 is 5.78. The maximum atomic E-state index is 5.64. The van der Waals surface area contributed by atoms with Gasteiger partial charge in [0, 0.05) is 12.6 Å². The lowest BCUT2D eigenvalue weighted by atomic mass is 10.1. The Morgan fingerprint density at radius 3 is 2.57 bits per heavy atom. The van der Waals surface area contributed by atoms with Gasteiger partial charge in [0.2, 0.25) is 0 Å². The minimum absolute atomic E-state index is 0.170. The van der Waals surface area contributed by atoms with Crippen molar-refractivity contribution in [2.24, 2.45) is 7.05 Å². The molecule has 5 nitrogen and oxygen atoms in total. The zero-order chi connectivity index (χ0) is 19.8. The van der Waals surface area contributed by atoms with Crippen molar-refractivity contribution in [3.8, 4) is 11.4 Å². The van der Waals surface area contributed by atoms with Crippen molar-refractivity contribution in [2.75, 3.05) is 7.05 Å². The molecule has 0 radical (unpaired) electrons. The molecule has 0 fully saturated rings. The highest BCUT2D eigenvalue weighted by molar-refractivity contribution is 7.71. The smallest absolute Gasteiger partial charge is 0.199 e. The van der Waals surface area contributed by atoms with Crippen molar-refractivity contribution in [3.05, 3.63) is 63.9 Å². The minimum Gasteiger partial charge on any atom is -0.303 e. The number of nitrogens with zero attached hydrogens (tertiary/aromatic N) is 5. The minimum atomic E-state index is 0.170. The summed E-state index contributed by atoms with van der Waals surface area (Å²) in [5, 5.41) is 5.89. The second-order valence-electron chi connectivity index (χ2n) is 7.12. The van der Waals surface area contributed by atoms with Crippen LogP contribution < -0.4 is 0 Å². The van der Waals surface area contributed by atoms with Gasteiger partial charge in [-0.3, -0.25) is 4.90 Å². The summed E-state index contributed by atoms with van der Waals surface area (Å²) in [4.78, 5) is 7.01. The number of aromatic nitrogens is 4. The molecule has 144 valence electrons. The molecular weight excluding hydrogens is 386 g/mol. The average Bonchev–Trinajstić information content (AvgIpc) is 3.25. The Morgan fingerprint density at radius 1 is 1.14 bits per heavy atom. The first-order valence-corrected chi connectivity index (χ1v) is 10.4. The maximum Gasteiger partial charge on any atom is 0.199 e. The van der Waals surface area contributed by atoms with Crippen LogP contribution in [0.5, 0.6) is 0 Å². The highest BCUT2D eigenvalue weighted by atomic mass is 32.1. The van der Waals surface area contributed by atoms with E-state index in [1.54, 1.807) is 11.3 Å². The van der Waals surface area contributed by atoms with E-state index in [1.807, 2.05) is 22.4 Å². The summed E-state index contributed by atoms with van der Waals surface area (Å²) in [6.45, 7) is 4.86. The van der Waals surface area contributed by atoms with Crippen molar-refractivity contribution < 1.29 is 0 Å². The molecule has 2 aromatic carbocycles. The van der Waals surface area contributed by atoms with E-state index in [2.05, 4.69) is 68.3 Å². The van der Waals surface area contributed by atoms with Crippen molar-refractivity contribution in [1.82, 2.24) is 24.2 Å². The van der Waals surface area contributed by atoms with Crippen LogP contribution in [0.2, 0.25) is 0 Å². The van der Waals surface area contributed by atoms with Gasteiger partial charge >= 0.3 is 0 Å². The molecule has 0 saturated carbocycles. The number of aryl methyl sites for hydroxylation is 1. The third kappa shape index (κ3) is 3.53. The van der Waals surface area contributed by atoms with E-state index in [0.717, 1.165) is 21.9 Å². The number of fused-ring (bicyclic) bond motifs is 1. The Kier molecular flexibility index (Phi) is 5.14. The highest BCUT2D eigenvalue weighted by Crippen LogP contribution is 2.29. The zero-order valence-electron chi connectivity index (χ0n) is 16.5. The molecule has 0 amide bonds. The molecule has 4 rings (SSSR count). The molecule has 4 aromatic rings. The van der Waals surface area contributed by atoms with Crippen LogP contribution >= 0.6 is 23.6 Å². The molecule has 0 aliphatic heterocycles. The van der Waals surface area contributed by atoms with Crippen molar-refractivity contribution in [1.29, 1.82) is 0 Å². The fourth-order valence-electron chi connectivity index (χ4n) is 3.13. The number of rotatable bonds is 5. The van der Waals surface area contributed by atoms with Crippen molar-refractivity contribution >= 4 is 33.8 Å². The summed E-state index contributed by atoms with van der Waals surface area (Å²) in [5.41, 5.74) is 3.35. The zero-order valence-corrected chi connectivity index (χ0v) is 18.1. The Hall–Kier alpha value is -2.35. The van der Waals surface area contributed by atoms with Crippen LogP contribution in [0.4, 0.5) is 0 Å². The Labute approximate surface area is 173 Å². The van der Waals surface area contributed by atoms with Gasteiger partial charge in [0.05, 0.1) is 22.9 Å². The van der Waals surface area contributed by atoms with E-state index in [-0.39, 0.29) is 6.04 Å². The highest BCUT2D eigenvalue weighted by Gasteiger charge is 2.18. The summed E-state index contributed by atoms with van der Waals surface area (Å²) >= 11 is 7.38. The lowest BCUT2D eigenvalue weighted by molar-refractivity contribution is 0.194. The molecule has 0 bridgehead atoms. The summed E-state index contributed by atoms with van der Waals surface area (Å²) in [7, 11) is 4.05. The molecule has 0 aliphatic rings. The van der Waals surface area contributed by atoms with Crippen LogP contribution in [0.1, 0.15) is 23.5 Å². The second kappa shape index (κ2) is 7.58. The molecule has 0 saturated heterocycles. The summed E-state index contributed by atoms with van der Waals surface area (Å²) in [6.07, 6.45) is 0. The number of benzene rings is 2. The third-order valence-electron chi connectivity index (χ3n) is 5.04. The van der Waals surface area contributed by atoms with Gasteiger partial charge in [-0.05, 0) is 45.2 Å². The van der Waals surface area contributed by atoms with Crippen molar-refractivity contribution in [3.63, 3.8) is 0 Å². The van der Waals surface area contributed by atoms with Crippen molar-refractivity contribution in [2.45, 2.75) is 26.6 Å². The molecule has 1 atom stereocenters. The lowest BCUT2D eigenvalue weighted by Crippen LogP contribution is -2.26. The van der Waals surface area contributed by atoms with Gasteiger partial charge in [-0.2, -0.15) is 5.10 Å². The molecule has 0 N–H and O–H groups in total. The lowest BCUT2D eigenvalue weighted by Gasteiger charge is -2.22. The van der Waals surface area contributed by atoms with Gasteiger partial charge in [-0.15, -0.1) is 11.3 Å². The predicted molar refractivity (Wildman–Crippen MR) is 118 cm³/mol. The van der Waals surface area contributed by atoms with E-state index in [0.29, 0.717) is 11.4 Å². The predicted octanol–water partition coefficient (Wildman–Crippen LogP) is 5.19. The number of para-hydroxylation sites is 1. The first kappa shape index (κ1) is 19.0.